The Hall–Kier alpha value is -2.20. The molecular formula is C22H38N2O8. The topological polar surface area (TPSA) is 151 Å². The van der Waals surface area contributed by atoms with Gasteiger partial charge in [0.25, 0.3) is 0 Å². The van der Waals surface area contributed by atoms with Gasteiger partial charge in [0, 0.05) is 0 Å². The highest BCUT2D eigenvalue weighted by molar-refractivity contribution is 6.07. The van der Waals surface area contributed by atoms with Crippen LogP contribution in [-0.4, -0.2) is 72.5 Å². The van der Waals surface area contributed by atoms with E-state index < -0.39 is 54.5 Å². The highest BCUT2D eigenvalue weighted by atomic mass is 16.5. The standard InChI is InChI=1S/C22H38N2O8/c1-14(2)12-31-18(27)16(10-25)23-20(29)22(8-6-5-7-9-22)21(30)24-17(11-26)19(28)32-13-15(3)4/h14-17,25-26H,5-13H2,1-4H3,(H,23,29)(H,24,30)/t16-,17-/m1/s1. The maximum Gasteiger partial charge on any atom is 0.331 e. The number of aliphatic hydroxyl groups is 2. The molecule has 1 aliphatic rings. The minimum Gasteiger partial charge on any atom is -0.464 e. The Morgan fingerprint density at radius 3 is 1.44 bits per heavy atom. The number of hydrogen-bond donors (Lipinski definition) is 4. The largest absolute Gasteiger partial charge is 0.464 e. The van der Waals surface area contributed by atoms with Gasteiger partial charge in [-0.05, 0) is 24.7 Å². The molecule has 4 N–H and O–H groups in total. The van der Waals surface area contributed by atoms with Crippen molar-refractivity contribution in [1.29, 1.82) is 0 Å². The maximum atomic E-state index is 13.2. The third-order valence-electron chi connectivity index (χ3n) is 5.24. The number of nitrogens with one attached hydrogen (secondary N) is 2. The first-order chi connectivity index (χ1) is 15.1. The summed E-state index contributed by atoms with van der Waals surface area (Å²) < 4.78 is 10.2. The molecule has 0 aliphatic heterocycles. The molecule has 10 nitrogen and oxygen atoms in total. The van der Waals surface area contributed by atoms with E-state index in [0.29, 0.717) is 12.8 Å². The van der Waals surface area contributed by atoms with Crippen molar-refractivity contribution < 1.29 is 38.9 Å². The lowest BCUT2D eigenvalue weighted by molar-refractivity contribution is -0.156. The van der Waals surface area contributed by atoms with Crippen molar-refractivity contribution in [2.45, 2.75) is 71.9 Å². The fraction of sp³-hybridized carbons (Fsp3) is 0.818. The van der Waals surface area contributed by atoms with Gasteiger partial charge in [-0.1, -0.05) is 47.0 Å². The van der Waals surface area contributed by atoms with Crippen LogP contribution in [0.3, 0.4) is 0 Å². The zero-order valence-corrected chi connectivity index (χ0v) is 19.5. The van der Waals surface area contributed by atoms with Crippen molar-refractivity contribution in [3.05, 3.63) is 0 Å². The average Bonchev–Trinajstić information content (AvgIpc) is 2.77. The van der Waals surface area contributed by atoms with Gasteiger partial charge in [-0.2, -0.15) is 0 Å². The maximum absolute atomic E-state index is 13.2. The number of carbonyl (C=O) groups excluding carboxylic acids is 4. The summed E-state index contributed by atoms with van der Waals surface area (Å²) in [5.74, 6) is -2.85. The zero-order chi connectivity index (χ0) is 24.3. The van der Waals surface area contributed by atoms with E-state index in [1.165, 1.54) is 0 Å². The lowest BCUT2D eigenvalue weighted by Crippen LogP contribution is -2.59. The van der Waals surface area contributed by atoms with Gasteiger partial charge < -0.3 is 30.3 Å². The van der Waals surface area contributed by atoms with Crippen LogP contribution in [0.1, 0.15) is 59.8 Å². The SMILES string of the molecule is CC(C)COC(=O)[C@@H](CO)NC(=O)C1(C(=O)N[C@H](CO)C(=O)OCC(C)C)CCCCC1. The van der Waals surface area contributed by atoms with Crippen LogP contribution in [0.25, 0.3) is 0 Å². The van der Waals surface area contributed by atoms with E-state index in [-0.39, 0.29) is 37.9 Å². The van der Waals surface area contributed by atoms with Gasteiger partial charge in [0.2, 0.25) is 11.8 Å². The number of carbonyl (C=O) groups is 4. The Bertz CT molecular complexity index is 596. The van der Waals surface area contributed by atoms with E-state index in [2.05, 4.69) is 10.6 Å². The average molecular weight is 459 g/mol. The fourth-order valence-corrected chi connectivity index (χ4v) is 3.36. The minimum absolute atomic E-state index is 0.0790. The molecule has 0 spiro atoms. The molecule has 0 radical (unpaired) electrons. The summed E-state index contributed by atoms with van der Waals surface area (Å²) in [6.45, 7) is 6.31. The monoisotopic (exact) mass is 458 g/mol. The molecule has 184 valence electrons. The van der Waals surface area contributed by atoms with Gasteiger partial charge in [-0.25, -0.2) is 9.59 Å². The zero-order valence-electron chi connectivity index (χ0n) is 19.5. The van der Waals surface area contributed by atoms with Crippen molar-refractivity contribution in [3.8, 4) is 0 Å². The first kappa shape index (κ1) is 27.8. The molecule has 2 atom stereocenters. The van der Waals surface area contributed by atoms with Crippen LogP contribution in [0.4, 0.5) is 0 Å². The van der Waals surface area contributed by atoms with Crippen molar-refractivity contribution in [3.63, 3.8) is 0 Å². The van der Waals surface area contributed by atoms with E-state index in [9.17, 15) is 29.4 Å². The molecule has 0 aromatic rings. The van der Waals surface area contributed by atoms with Crippen LogP contribution >= 0.6 is 0 Å². The molecule has 1 rings (SSSR count). The molecule has 0 aromatic heterocycles. The summed E-state index contributed by atoms with van der Waals surface area (Å²) in [7, 11) is 0. The van der Waals surface area contributed by atoms with Crippen molar-refractivity contribution in [2.75, 3.05) is 26.4 Å². The van der Waals surface area contributed by atoms with E-state index >= 15 is 0 Å². The lowest BCUT2D eigenvalue weighted by atomic mass is 9.72. The second-order valence-electron chi connectivity index (χ2n) is 9.11. The summed E-state index contributed by atoms with van der Waals surface area (Å²) in [4.78, 5) is 50.8. The van der Waals surface area contributed by atoms with Gasteiger partial charge in [0.05, 0.1) is 26.4 Å². The first-order valence-electron chi connectivity index (χ1n) is 11.2. The van der Waals surface area contributed by atoms with E-state index in [1.54, 1.807) is 0 Å². The van der Waals surface area contributed by atoms with Gasteiger partial charge in [0.15, 0.2) is 12.1 Å². The number of ether oxygens (including phenoxy) is 2. The number of aliphatic hydroxyl groups excluding tert-OH is 2. The van der Waals surface area contributed by atoms with Gasteiger partial charge in [0.1, 0.15) is 5.41 Å². The van der Waals surface area contributed by atoms with Gasteiger partial charge in [-0.3, -0.25) is 9.59 Å². The van der Waals surface area contributed by atoms with Crippen LogP contribution in [0.5, 0.6) is 0 Å². The van der Waals surface area contributed by atoms with Gasteiger partial charge >= 0.3 is 11.9 Å². The number of esters is 2. The van der Waals surface area contributed by atoms with E-state index in [1.807, 2.05) is 27.7 Å². The van der Waals surface area contributed by atoms with Crippen LogP contribution < -0.4 is 10.6 Å². The summed E-state index contributed by atoms with van der Waals surface area (Å²) in [6, 6.07) is -2.62. The molecule has 32 heavy (non-hydrogen) atoms. The number of amides is 2. The predicted molar refractivity (Wildman–Crippen MR) is 115 cm³/mol. The Kier molecular flexibility index (Phi) is 11.6. The Balaban J connectivity index is 2.95. The molecule has 2 amide bonds. The Morgan fingerprint density at radius 2 is 1.12 bits per heavy atom. The molecule has 1 aliphatic carbocycles. The molecule has 0 aromatic carbocycles. The van der Waals surface area contributed by atoms with Crippen molar-refractivity contribution in [1.82, 2.24) is 10.6 Å². The quantitative estimate of drug-likeness (QED) is 0.241. The molecule has 1 fully saturated rings. The third-order valence-corrected chi connectivity index (χ3v) is 5.24. The highest BCUT2D eigenvalue weighted by Gasteiger charge is 2.48. The van der Waals surface area contributed by atoms with Crippen LogP contribution in [0.15, 0.2) is 0 Å². The molecule has 0 bridgehead atoms. The molecule has 1 saturated carbocycles. The smallest absolute Gasteiger partial charge is 0.331 e. The number of hydrogen-bond acceptors (Lipinski definition) is 8. The normalized spacial score (nSPS) is 17.4. The minimum atomic E-state index is -1.53. The fourth-order valence-electron chi connectivity index (χ4n) is 3.36. The second-order valence-corrected chi connectivity index (χ2v) is 9.11. The second kappa shape index (κ2) is 13.4. The van der Waals surface area contributed by atoms with Gasteiger partial charge in [-0.15, -0.1) is 0 Å². The number of rotatable bonds is 12. The summed E-state index contributed by atoms with van der Waals surface area (Å²) in [5.41, 5.74) is -1.53. The predicted octanol–water partition coefficient (Wildman–Crippen LogP) is 0.290. The molecule has 10 heteroatoms. The molecule has 0 unspecified atom stereocenters. The van der Waals surface area contributed by atoms with Crippen LogP contribution in [0.2, 0.25) is 0 Å². The summed E-state index contributed by atoms with van der Waals surface area (Å²) in [6.07, 6.45) is 2.46. The van der Waals surface area contributed by atoms with Crippen LogP contribution in [0, 0.1) is 17.3 Å². The molecule has 0 heterocycles. The lowest BCUT2D eigenvalue weighted by Gasteiger charge is -2.36. The Morgan fingerprint density at radius 1 is 0.750 bits per heavy atom. The summed E-state index contributed by atoms with van der Waals surface area (Å²) >= 11 is 0. The molecule has 0 saturated heterocycles. The van der Waals surface area contributed by atoms with Crippen molar-refractivity contribution >= 4 is 23.8 Å². The van der Waals surface area contributed by atoms with Crippen LogP contribution in [-0.2, 0) is 28.7 Å². The Labute approximate surface area is 189 Å². The highest BCUT2D eigenvalue weighted by Crippen LogP contribution is 2.37. The van der Waals surface area contributed by atoms with E-state index in [0.717, 1.165) is 6.42 Å². The van der Waals surface area contributed by atoms with E-state index in [4.69, 9.17) is 9.47 Å². The molecular weight excluding hydrogens is 420 g/mol. The summed E-state index contributed by atoms with van der Waals surface area (Å²) in [5, 5.41) is 24.0. The van der Waals surface area contributed by atoms with Crippen molar-refractivity contribution in [2.24, 2.45) is 17.3 Å². The third kappa shape index (κ3) is 8.05. The first-order valence-corrected chi connectivity index (χ1v) is 11.2.